The van der Waals surface area contributed by atoms with Gasteiger partial charge in [0.25, 0.3) is 0 Å². The first kappa shape index (κ1) is 18.2. The van der Waals surface area contributed by atoms with E-state index >= 15 is 0 Å². The molecule has 0 unspecified atom stereocenters. The number of imidazole rings is 1. The van der Waals surface area contributed by atoms with Crippen molar-refractivity contribution in [2.24, 2.45) is 23.2 Å². The van der Waals surface area contributed by atoms with Gasteiger partial charge in [-0.25, -0.2) is 9.78 Å². The van der Waals surface area contributed by atoms with Crippen molar-refractivity contribution < 1.29 is 9.90 Å². The maximum Gasteiger partial charge on any atom is 0.356 e. The molecule has 154 valence electrons. The van der Waals surface area contributed by atoms with Gasteiger partial charge in [0, 0.05) is 11.3 Å². The highest BCUT2D eigenvalue weighted by molar-refractivity contribution is 5.89. The van der Waals surface area contributed by atoms with Gasteiger partial charge >= 0.3 is 5.97 Å². The summed E-state index contributed by atoms with van der Waals surface area (Å²) in [5.41, 5.74) is 2.38. The van der Waals surface area contributed by atoms with Crippen molar-refractivity contribution >= 4 is 16.7 Å². The lowest BCUT2D eigenvalue weighted by molar-refractivity contribution is -0.0571. The third-order valence-corrected chi connectivity index (χ3v) is 8.07. The van der Waals surface area contributed by atoms with Crippen molar-refractivity contribution in [3.63, 3.8) is 0 Å². The molecule has 4 aliphatic rings. The van der Waals surface area contributed by atoms with Crippen LogP contribution in [-0.4, -0.2) is 21.0 Å². The second-order valence-corrected chi connectivity index (χ2v) is 10.2. The summed E-state index contributed by atoms with van der Waals surface area (Å²) in [6.07, 6.45) is 10.3. The van der Waals surface area contributed by atoms with Crippen LogP contribution in [0.3, 0.4) is 0 Å². The molecule has 1 aromatic heterocycles. The van der Waals surface area contributed by atoms with E-state index in [-0.39, 0.29) is 5.69 Å². The highest BCUT2D eigenvalue weighted by atomic mass is 16.4. The standard InChI is InChI=1S/C26H28N2O2/c29-25(30)23-22(7-8-26-13-16-9-17(14-26)11-18(10-16)15-26)27-24(28-23)21-6-5-19-3-1-2-4-20(19)12-21/h1-6,12,16-18H,7-11,13-15H2,(H,27,28)(H,29,30). The summed E-state index contributed by atoms with van der Waals surface area (Å²) in [5.74, 6) is 2.50. The van der Waals surface area contributed by atoms with Crippen LogP contribution in [0.15, 0.2) is 42.5 Å². The minimum Gasteiger partial charge on any atom is -0.476 e. The number of hydrogen-bond acceptors (Lipinski definition) is 2. The van der Waals surface area contributed by atoms with Gasteiger partial charge in [0.15, 0.2) is 5.69 Å². The third-order valence-electron chi connectivity index (χ3n) is 8.07. The van der Waals surface area contributed by atoms with Gasteiger partial charge in [-0.3, -0.25) is 0 Å². The summed E-state index contributed by atoms with van der Waals surface area (Å²) in [4.78, 5) is 19.8. The molecule has 4 aliphatic carbocycles. The maximum atomic E-state index is 11.9. The number of nitrogens with one attached hydrogen (secondary N) is 1. The van der Waals surface area contributed by atoms with Crippen LogP contribution in [0, 0.1) is 23.2 Å². The van der Waals surface area contributed by atoms with E-state index in [1.165, 1.54) is 43.9 Å². The average molecular weight is 401 g/mol. The summed E-state index contributed by atoms with van der Waals surface area (Å²) in [6.45, 7) is 0. The molecule has 3 aromatic rings. The molecule has 7 rings (SSSR count). The molecule has 30 heavy (non-hydrogen) atoms. The number of carbonyl (C=O) groups is 1. The van der Waals surface area contributed by atoms with E-state index in [0.717, 1.165) is 47.2 Å². The summed E-state index contributed by atoms with van der Waals surface area (Å²) in [7, 11) is 0. The smallest absolute Gasteiger partial charge is 0.356 e. The molecule has 0 saturated heterocycles. The Labute approximate surface area is 176 Å². The second kappa shape index (κ2) is 6.69. The van der Waals surface area contributed by atoms with E-state index in [4.69, 9.17) is 0 Å². The lowest BCUT2D eigenvalue weighted by atomic mass is 9.48. The van der Waals surface area contributed by atoms with Crippen LogP contribution in [0.5, 0.6) is 0 Å². The van der Waals surface area contributed by atoms with E-state index < -0.39 is 5.97 Å². The highest BCUT2D eigenvalue weighted by Crippen LogP contribution is 2.61. The molecule has 0 radical (unpaired) electrons. The van der Waals surface area contributed by atoms with Gasteiger partial charge in [-0.2, -0.15) is 0 Å². The number of aromatic carboxylic acids is 1. The van der Waals surface area contributed by atoms with Gasteiger partial charge in [0.05, 0.1) is 0 Å². The molecular weight excluding hydrogens is 372 g/mol. The molecule has 4 saturated carbocycles. The molecule has 0 atom stereocenters. The molecule has 0 amide bonds. The molecule has 4 heteroatoms. The minimum atomic E-state index is -0.932. The molecule has 4 fully saturated rings. The molecule has 0 spiro atoms. The average Bonchev–Trinajstić information content (AvgIpc) is 3.16. The zero-order chi connectivity index (χ0) is 20.3. The second-order valence-electron chi connectivity index (χ2n) is 10.2. The fourth-order valence-corrected chi connectivity index (χ4v) is 7.23. The molecular formula is C26H28N2O2. The fourth-order valence-electron chi connectivity index (χ4n) is 7.23. The first-order valence-electron chi connectivity index (χ1n) is 11.4. The van der Waals surface area contributed by atoms with Gasteiger partial charge in [-0.05, 0) is 91.4 Å². The van der Waals surface area contributed by atoms with Crippen molar-refractivity contribution in [2.45, 2.75) is 51.4 Å². The van der Waals surface area contributed by atoms with Gasteiger partial charge in [-0.1, -0.05) is 36.4 Å². The van der Waals surface area contributed by atoms with Gasteiger partial charge < -0.3 is 10.1 Å². The van der Waals surface area contributed by atoms with E-state index in [0.29, 0.717) is 11.2 Å². The summed E-state index contributed by atoms with van der Waals surface area (Å²) in [6, 6.07) is 14.4. The monoisotopic (exact) mass is 400 g/mol. The molecule has 4 nitrogen and oxygen atoms in total. The Hall–Kier alpha value is -2.62. The van der Waals surface area contributed by atoms with Crippen molar-refractivity contribution in [3.05, 3.63) is 53.9 Å². The quantitative estimate of drug-likeness (QED) is 0.546. The van der Waals surface area contributed by atoms with Crippen LogP contribution in [-0.2, 0) is 6.42 Å². The minimum absolute atomic E-state index is 0.197. The van der Waals surface area contributed by atoms with Crippen molar-refractivity contribution in [1.82, 2.24) is 9.97 Å². The predicted molar refractivity (Wildman–Crippen MR) is 117 cm³/mol. The van der Waals surface area contributed by atoms with Gasteiger partial charge in [0.2, 0.25) is 0 Å². The Bertz CT molecular complexity index is 1090. The summed E-state index contributed by atoms with van der Waals surface area (Å²) in [5, 5.41) is 12.1. The first-order valence-corrected chi connectivity index (χ1v) is 11.4. The number of H-pyrrole nitrogens is 1. The van der Waals surface area contributed by atoms with Crippen molar-refractivity contribution in [1.29, 1.82) is 0 Å². The largest absolute Gasteiger partial charge is 0.476 e. The van der Waals surface area contributed by atoms with Crippen LogP contribution >= 0.6 is 0 Å². The lowest BCUT2D eigenvalue weighted by Crippen LogP contribution is -2.46. The Balaban J connectivity index is 1.28. The highest BCUT2D eigenvalue weighted by Gasteiger charge is 2.50. The number of aryl methyl sites for hydroxylation is 1. The number of fused-ring (bicyclic) bond motifs is 1. The van der Waals surface area contributed by atoms with E-state index in [9.17, 15) is 9.90 Å². The SMILES string of the molecule is O=C(O)c1nc(-c2ccc3ccccc3c2)[nH]c1CCC12CC3CC(CC(C3)C1)C2. The third kappa shape index (κ3) is 3.05. The number of carboxylic acids is 1. The fraction of sp³-hybridized carbons (Fsp3) is 0.462. The van der Waals surface area contributed by atoms with Crippen LogP contribution < -0.4 is 0 Å². The van der Waals surface area contributed by atoms with E-state index in [2.05, 4.69) is 34.2 Å². The van der Waals surface area contributed by atoms with Crippen LogP contribution in [0.2, 0.25) is 0 Å². The van der Waals surface area contributed by atoms with Gasteiger partial charge in [0.1, 0.15) is 5.82 Å². The molecule has 0 aliphatic heterocycles. The lowest BCUT2D eigenvalue weighted by Gasteiger charge is -2.57. The number of rotatable bonds is 5. The summed E-state index contributed by atoms with van der Waals surface area (Å²) >= 11 is 0. The molecule has 1 heterocycles. The Morgan fingerprint density at radius 3 is 2.33 bits per heavy atom. The number of hydrogen-bond donors (Lipinski definition) is 2. The number of nitrogens with zero attached hydrogens (tertiary/aromatic N) is 1. The van der Waals surface area contributed by atoms with E-state index in [1.54, 1.807) is 0 Å². The normalized spacial score (nSPS) is 29.5. The first-order chi connectivity index (χ1) is 14.6. The van der Waals surface area contributed by atoms with Crippen LogP contribution in [0.1, 0.15) is 61.1 Å². The Kier molecular flexibility index (Phi) is 4.06. The van der Waals surface area contributed by atoms with E-state index in [1.807, 2.05) is 18.2 Å². The summed E-state index contributed by atoms with van der Waals surface area (Å²) < 4.78 is 0. The topological polar surface area (TPSA) is 66.0 Å². The van der Waals surface area contributed by atoms with Crippen LogP contribution in [0.4, 0.5) is 0 Å². The zero-order valence-electron chi connectivity index (χ0n) is 17.2. The molecule has 2 aromatic carbocycles. The van der Waals surface area contributed by atoms with Crippen molar-refractivity contribution in [3.8, 4) is 11.4 Å². The Morgan fingerprint density at radius 2 is 1.67 bits per heavy atom. The zero-order valence-corrected chi connectivity index (χ0v) is 17.2. The number of benzene rings is 2. The molecule has 2 N–H and O–H groups in total. The van der Waals surface area contributed by atoms with Gasteiger partial charge in [-0.15, -0.1) is 0 Å². The number of aromatic amines is 1. The number of aromatic nitrogens is 2. The predicted octanol–water partition coefficient (Wildman–Crippen LogP) is 6.08. The van der Waals surface area contributed by atoms with Crippen LogP contribution in [0.25, 0.3) is 22.2 Å². The Morgan fingerprint density at radius 1 is 1.00 bits per heavy atom. The number of carboxylic acid groups (broad SMARTS) is 1. The maximum absolute atomic E-state index is 11.9. The molecule has 4 bridgehead atoms. The van der Waals surface area contributed by atoms with Crippen molar-refractivity contribution in [2.75, 3.05) is 0 Å².